The molecule has 0 fully saturated rings. The number of halogens is 1. The zero-order valence-electron chi connectivity index (χ0n) is 11.4. The Labute approximate surface area is 143 Å². The van der Waals surface area contributed by atoms with Gasteiger partial charge < -0.3 is 15.4 Å². The molecular weight excluding hydrogens is 459 g/mol. The molecule has 0 saturated carbocycles. The van der Waals surface area contributed by atoms with E-state index in [0.29, 0.717) is 28.8 Å². The number of urea groups is 1. The van der Waals surface area contributed by atoms with Gasteiger partial charge in [0, 0.05) is 31.8 Å². The predicted octanol–water partition coefficient (Wildman–Crippen LogP) is 4.97. The monoisotopic (exact) mass is 473 g/mol. The van der Waals surface area contributed by atoms with E-state index >= 15 is 0 Å². The normalized spacial score (nSPS) is 9.43. The third-order valence-electron chi connectivity index (χ3n) is 2.46. The molecule has 0 aliphatic carbocycles. The minimum atomic E-state index is -0.473. The molecule has 0 spiro atoms. The first-order valence-electron chi connectivity index (χ1n) is 6.19. The van der Waals surface area contributed by atoms with Crippen LogP contribution in [0.25, 0.3) is 5.32 Å². The molecule has 0 aliphatic heterocycles. The Kier molecular flexibility index (Phi) is 7.27. The molecule has 2 aromatic rings. The Bertz CT molecular complexity index is 608. The molecule has 0 bridgehead atoms. The Morgan fingerprint density at radius 1 is 1.24 bits per heavy atom. The molecule has 2 aromatic carbocycles. The zero-order chi connectivity index (χ0) is 14.4. The molecule has 6 heteroatoms. The fraction of sp³-hybridized carbons (Fsp3) is 0.133. The van der Waals surface area contributed by atoms with Gasteiger partial charge in [-0.25, -0.2) is 0 Å². The number of amides is 2. The van der Waals surface area contributed by atoms with Crippen LogP contribution in [-0.4, -0.2) is 12.6 Å². The number of nitrogens with one attached hydrogen (secondary N) is 1. The summed E-state index contributed by atoms with van der Waals surface area (Å²) in [5.74, 6) is 0.580. The molecule has 0 aromatic heterocycles. The Morgan fingerprint density at radius 3 is 2.71 bits per heavy atom. The summed E-state index contributed by atoms with van der Waals surface area (Å²) in [7, 11) is 0. The van der Waals surface area contributed by atoms with E-state index in [1.165, 1.54) is 0 Å². The number of benzene rings is 2. The second-order valence-electron chi connectivity index (χ2n) is 3.95. The van der Waals surface area contributed by atoms with Crippen LogP contribution >= 0.6 is 11.6 Å². The summed E-state index contributed by atoms with van der Waals surface area (Å²) in [5, 5.41) is 7.19. The fourth-order valence-electron chi connectivity index (χ4n) is 1.65. The van der Waals surface area contributed by atoms with Crippen molar-refractivity contribution < 1.29 is 30.6 Å². The molecule has 110 valence electrons. The number of nitrogens with zero attached hydrogens (tertiary/aromatic N) is 1. The number of hydrogen-bond donors (Lipinski definition) is 1. The van der Waals surface area contributed by atoms with Crippen molar-refractivity contribution in [2.24, 2.45) is 0 Å². The van der Waals surface area contributed by atoms with Gasteiger partial charge in [0.2, 0.25) is 0 Å². The van der Waals surface area contributed by atoms with E-state index in [4.69, 9.17) is 16.3 Å². The maximum absolute atomic E-state index is 11.9. The molecule has 0 heterocycles. The molecule has 0 saturated heterocycles. The Morgan fingerprint density at radius 2 is 2.00 bits per heavy atom. The van der Waals surface area contributed by atoms with Crippen LogP contribution in [0.15, 0.2) is 48.5 Å². The van der Waals surface area contributed by atoms with Crippen LogP contribution in [0.5, 0.6) is 5.75 Å². The van der Waals surface area contributed by atoms with Gasteiger partial charge in [-0.15, -0.1) is 0 Å². The van der Waals surface area contributed by atoms with E-state index in [1.807, 2.05) is 13.0 Å². The van der Waals surface area contributed by atoms with Crippen LogP contribution in [-0.2, 0) is 21.1 Å². The predicted molar refractivity (Wildman–Crippen MR) is 81.1 cm³/mol. The van der Waals surface area contributed by atoms with E-state index in [2.05, 4.69) is 10.6 Å². The maximum Gasteiger partial charge on any atom is 0.160 e. The van der Waals surface area contributed by atoms with Crippen molar-refractivity contribution in [1.29, 1.82) is 0 Å². The number of ether oxygens (including phenoxy) is 1. The second kappa shape index (κ2) is 8.70. The first kappa shape index (κ1) is 17.5. The number of rotatable bonds is 4. The topological polar surface area (TPSA) is 52.4 Å². The molecule has 0 radical (unpaired) electrons. The van der Waals surface area contributed by atoms with Crippen LogP contribution in [0, 0.1) is 0 Å². The first-order chi connectivity index (χ1) is 9.69. The van der Waals surface area contributed by atoms with Crippen LogP contribution < -0.4 is 10.1 Å². The Balaban J connectivity index is 0.00000220. The molecule has 2 rings (SSSR count). The first-order valence-corrected chi connectivity index (χ1v) is 6.57. The third kappa shape index (κ3) is 5.41. The van der Waals surface area contributed by atoms with Gasteiger partial charge in [-0.2, -0.15) is 0 Å². The molecule has 2 amide bonds. The zero-order valence-corrected chi connectivity index (χ0v) is 15.1. The molecule has 0 aliphatic rings. The standard InChI is InChI=1S/C15H15ClN2O2.W/c1-2-20-14-9-4-3-8-13(14)18-15(19)17-12-7-5-6-11(16)10-12;/h3-10H,2H2,1H3,(H2,17,18,19);/p-1. The molecule has 4 nitrogen and oxygen atoms in total. The van der Waals surface area contributed by atoms with Crippen LogP contribution in [0.3, 0.4) is 0 Å². The van der Waals surface area contributed by atoms with Gasteiger partial charge in [-0.05, 0) is 30.8 Å². The van der Waals surface area contributed by atoms with Crippen molar-refractivity contribution in [3.05, 3.63) is 58.9 Å². The number of anilines is 1. The average molecular weight is 474 g/mol. The smallest absolute Gasteiger partial charge is 0.160 e. The van der Waals surface area contributed by atoms with Crippen molar-refractivity contribution in [2.75, 3.05) is 11.9 Å². The van der Waals surface area contributed by atoms with E-state index in [9.17, 15) is 4.79 Å². The van der Waals surface area contributed by atoms with Gasteiger partial charge in [0.15, 0.2) is 6.03 Å². The number of carbonyl (C=O) groups is 1. The quantitative estimate of drug-likeness (QED) is 0.682. The van der Waals surface area contributed by atoms with Crippen molar-refractivity contribution in [3.63, 3.8) is 0 Å². The van der Waals surface area contributed by atoms with Crippen molar-refractivity contribution >= 4 is 29.0 Å². The molecular formula is C15H14ClN2O2W-. The SMILES string of the molecule is CCOc1ccccc1[N-]C(=O)Nc1cccc(Cl)c1.[W]. The van der Waals surface area contributed by atoms with E-state index in [-0.39, 0.29) is 21.1 Å². The number of carbonyl (C=O) groups excluding carboxylic acids is 1. The van der Waals surface area contributed by atoms with Crippen molar-refractivity contribution in [1.82, 2.24) is 0 Å². The van der Waals surface area contributed by atoms with E-state index < -0.39 is 6.03 Å². The summed E-state index contributed by atoms with van der Waals surface area (Å²) < 4.78 is 5.41. The van der Waals surface area contributed by atoms with Crippen molar-refractivity contribution in [2.45, 2.75) is 6.92 Å². The Hall–Kier alpha value is -1.51. The second-order valence-corrected chi connectivity index (χ2v) is 4.39. The van der Waals surface area contributed by atoms with Gasteiger partial charge in [0.05, 0.1) is 6.61 Å². The van der Waals surface area contributed by atoms with E-state index in [0.717, 1.165) is 0 Å². The summed E-state index contributed by atoms with van der Waals surface area (Å²) in [6, 6.07) is 13.5. The summed E-state index contributed by atoms with van der Waals surface area (Å²) in [5.41, 5.74) is 1.09. The molecule has 1 N–H and O–H groups in total. The van der Waals surface area contributed by atoms with Gasteiger partial charge in [-0.1, -0.05) is 41.9 Å². The minimum absolute atomic E-state index is 0. The molecule has 0 atom stereocenters. The third-order valence-corrected chi connectivity index (χ3v) is 2.70. The van der Waals surface area contributed by atoms with E-state index in [1.54, 1.807) is 42.5 Å². The summed E-state index contributed by atoms with van der Waals surface area (Å²) in [4.78, 5) is 11.9. The van der Waals surface area contributed by atoms with Gasteiger partial charge in [0.25, 0.3) is 0 Å². The van der Waals surface area contributed by atoms with Crippen molar-refractivity contribution in [3.8, 4) is 5.75 Å². The summed E-state index contributed by atoms with van der Waals surface area (Å²) in [6.45, 7) is 2.39. The number of hydrogen-bond acceptors (Lipinski definition) is 2. The van der Waals surface area contributed by atoms with Crippen LogP contribution in [0.4, 0.5) is 16.2 Å². The minimum Gasteiger partial charge on any atom is -0.494 e. The maximum atomic E-state index is 11.9. The average Bonchev–Trinajstić information content (AvgIpc) is 2.41. The fourth-order valence-corrected chi connectivity index (χ4v) is 1.84. The van der Waals surface area contributed by atoms with Gasteiger partial charge in [0.1, 0.15) is 5.75 Å². The van der Waals surface area contributed by atoms with Gasteiger partial charge >= 0.3 is 0 Å². The summed E-state index contributed by atoms with van der Waals surface area (Å²) >= 11 is 5.85. The molecule has 21 heavy (non-hydrogen) atoms. The number of para-hydroxylation sites is 2. The van der Waals surface area contributed by atoms with Gasteiger partial charge in [-0.3, -0.25) is 4.79 Å². The van der Waals surface area contributed by atoms with Crippen LogP contribution in [0.1, 0.15) is 6.92 Å². The largest absolute Gasteiger partial charge is 0.494 e. The van der Waals surface area contributed by atoms with Crippen LogP contribution in [0.2, 0.25) is 5.02 Å². The summed E-state index contributed by atoms with van der Waals surface area (Å²) in [6.07, 6.45) is 0. The molecule has 0 unspecified atom stereocenters.